The summed E-state index contributed by atoms with van der Waals surface area (Å²) in [4.78, 5) is 10.7. The molecule has 4 heteroatoms. The zero-order valence-corrected chi connectivity index (χ0v) is 7.07. The molecule has 0 aromatic heterocycles. The number of methoxy groups -OCH3 is 1. The van der Waals surface area contributed by atoms with Crippen molar-refractivity contribution in [2.45, 2.75) is 0 Å². The highest BCUT2D eigenvalue weighted by atomic mass is 16.5. The number of hydrogen-bond acceptors (Lipinski definition) is 3. The van der Waals surface area contributed by atoms with Crippen molar-refractivity contribution in [2.24, 2.45) is 5.73 Å². The van der Waals surface area contributed by atoms with Crippen molar-refractivity contribution in [3.63, 3.8) is 0 Å². The lowest BCUT2D eigenvalue weighted by Gasteiger charge is -2.02. The lowest BCUT2D eigenvalue weighted by atomic mass is 10.1. The number of nitrogens with two attached hydrogens (primary N) is 1. The van der Waals surface area contributed by atoms with Gasteiger partial charge in [0.2, 0.25) is 5.91 Å². The first-order valence-electron chi connectivity index (χ1n) is 3.57. The summed E-state index contributed by atoms with van der Waals surface area (Å²) in [6.45, 7) is 0. The Morgan fingerprint density at radius 1 is 1.62 bits per heavy atom. The predicted octanol–water partition coefficient (Wildman–Crippen LogP) is 0.666. The zero-order valence-electron chi connectivity index (χ0n) is 7.07. The van der Waals surface area contributed by atoms with E-state index in [1.54, 1.807) is 6.07 Å². The Hall–Kier alpha value is -2.02. The summed E-state index contributed by atoms with van der Waals surface area (Å²) in [5.74, 6) is -0.119. The van der Waals surface area contributed by atoms with Crippen LogP contribution >= 0.6 is 0 Å². The predicted molar refractivity (Wildman–Crippen MR) is 46.2 cm³/mol. The summed E-state index contributed by atoms with van der Waals surface area (Å²) in [6.07, 6.45) is 0. The van der Waals surface area contributed by atoms with Crippen molar-refractivity contribution >= 4 is 5.91 Å². The van der Waals surface area contributed by atoms with Crippen molar-refractivity contribution in [2.75, 3.05) is 7.11 Å². The molecule has 0 aliphatic carbocycles. The number of rotatable bonds is 2. The molecule has 0 fully saturated rings. The molecule has 0 aliphatic rings. The van der Waals surface area contributed by atoms with Crippen LogP contribution in [-0.4, -0.2) is 13.0 Å². The molecule has 0 heterocycles. The van der Waals surface area contributed by atoms with E-state index < -0.39 is 5.91 Å². The Morgan fingerprint density at radius 3 is 2.77 bits per heavy atom. The Kier molecular flexibility index (Phi) is 2.50. The highest BCUT2D eigenvalue weighted by molar-refractivity contribution is 5.93. The molecular formula is C9H8N2O2. The van der Waals surface area contributed by atoms with Crippen LogP contribution in [0.15, 0.2) is 18.2 Å². The number of ether oxygens (including phenoxy) is 1. The van der Waals surface area contributed by atoms with E-state index in [1.165, 1.54) is 19.2 Å². The fraction of sp³-hybridized carbons (Fsp3) is 0.111. The largest absolute Gasteiger partial charge is 0.495 e. The number of primary amides is 1. The van der Waals surface area contributed by atoms with Crippen LogP contribution in [0.25, 0.3) is 0 Å². The lowest BCUT2D eigenvalue weighted by molar-refractivity contribution is 0.1000. The quantitative estimate of drug-likeness (QED) is 0.719. The van der Waals surface area contributed by atoms with Crippen LogP contribution in [0, 0.1) is 11.3 Å². The van der Waals surface area contributed by atoms with Crippen LogP contribution in [0.1, 0.15) is 15.9 Å². The van der Waals surface area contributed by atoms with Crippen molar-refractivity contribution in [1.29, 1.82) is 5.26 Å². The second-order valence-corrected chi connectivity index (χ2v) is 2.39. The van der Waals surface area contributed by atoms with Gasteiger partial charge in [0.15, 0.2) is 0 Å². The van der Waals surface area contributed by atoms with Gasteiger partial charge in [-0.1, -0.05) is 0 Å². The standard InChI is InChI=1S/C9H8N2O2/c1-13-8-3-2-6(9(11)12)4-7(8)5-10/h2-4H,1H3,(H2,11,12). The first-order valence-corrected chi connectivity index (χ1v) is 3.57. The van der Waals surface area contributed by atoms with E-state index in [4.69, 9.17) is 15.7 Å². The van der Waals surface area contributed by atoms with Gasteiger partial charge in [-0.25, -0.2) is 0 Å². The average Bonchev–Trinajstić information content (AvgIpc) is 2.16. The highest BCUT2D eigenvalue weighted by Crippen LogP contribution is 2.18. The van der Waals surface area contributed by atoms with Gasteiger partial charge in [0.05, 0.1) is 12.7 Å². The Labute approximate surface area is 75.5 Å². The molecule has 0 spiro atoms. The molecule has 2 N–H and O–H groups in total. The molecule has 1 amide bonds. The van der Waals surface area contributed by atoms with E-state index in [1.807, 2.05) is 6.07 Å². The number of hydrogen-bond donors (Lipinski definition) is 1. The maximum Gasteiger partial charge on any atom is 0.248 e. The van der Waals surface area contributed by atoms with Gasteiger partial charge in [-0.2, -0.15) is 5.26 Å². The van der Waals surface area contributed by atoms with Gasteiger partial charge in [-0.15, -0.1) is 0 Å². The Morgan fingerprint density at radius 2 is 2.31 bits per heavy atom. The molecule has 66 valence electrons. The molecule has 0 unspecified atom stereocenters. The van der Waals surface area contributed by atoms with Crippen molar-refractivity contribution in [3.8, 4) is 11.8 Å². The fourth-order valence-corrected chi connectivity index (χ4v) is 0.949. The van der Waals surface area contributed by atoms with Crippen LogP contribution in [0.3, 0.4) is 0 Å². The topological polar surface area (TPSA) is 76.1 Å². The van der Waals surface area contributed by atoms with E-state index in [0.29, 0.717) is 16.9 Å². The average molecular weight is 176 g/mol. The van der Waals surface area contributed by atoms with E-state index in [-0.39, 0.29) is 0 Å². The smallest absolute Gasteiger partial charge is 0.248 e. The third kappa shape index (κ3) is 1.76. The molecule has 0 aliphatic heterocycles. The van der Waals surface area contributed by atoms with E-state index >= 15 is 0 Å². The third-order valence-electron chi connectivity index (χ3n) is 1.60. The Bertz CT molecular complexity index is 380. The van der Waals surface area contributed by atoms with Gasteiger partial charge in [0, 0.05) is 5.56 Å². The normalized spacial score (nSPS) is 8.92. The van der Waals surface area contributed by atoms with Crippen LogP contribution in [0.5, 0.6) is 5.75 Å². The van der Waals surface area contributed by atoms with E-state index in [2.05, 4.69) is 0 Å². The van der Waals surface area contributed by atoms with Crippen LogP contribution < -0.4 is 10.5 Å². The first kappa shape index (κ1) is 9.07. The molecule has 1 rings (SSSR count). The lowest BCUT2D eigenvalue weighted by Crippen LogP contribution is -2.11. The number of carbonyl (C=O) groups excluding carboxylic acids is 1. The monoisotopic (exact) mass is 176 g/mol. The molecule has 1 aromatic rings. The number of amides is 1. The number of carbonyl (C=O) groups is 1. The number of nitriles is 1. The third-order valence-corrected chi connectivity index (χ3v) is 1.60. The number of benzene rings is 1. The summed E-state index contributed by atoms with van der Waals surface area (Å²) >= 11 is 0. The molecule has 0 atom stereocenters. The van der Waals surface area contributed by atoms with Gasteiger partial charge in [-0.05, 0) is 18.2 Å². The van der Waals surface area contributed by atoms with E-state index in [0.717, 1.165) is 0 Å². The molecule has 0 saturated heterocycles. The molecular weight excluding hydrogens is 168 g/mol. The van der Waals surface area contributed by atoms with E-state index in [9.17, 15) is 4.79 Å². The van der Waals surface area contributed by atoms with Crippen LogP contribution in [0.4, 0.5) is 0 Å². The first-order chi connectivity index (χ1) is 6.19. The molecule has 0 radical (unpaired) electrons. The highest BCUT2D eigenvalue weighted by Gasteiger charge is 2.06. The van der Waals surface area contributed by atoms with Gasteiger partial charge >= 0.3 is 0 Å². The molecule has 4 nitrogen and oxygen atoms in total. The fourth-order valence-electron chi connectivity index (χ4n) is 0.949. The minimum Gasteiger partial charge on any atom is -0.495 e. The van der Waals surface area contributed by atoms with Gasteiger partial charge < -0.3 is 10.5 Å². The maximum absolute atomic E-state index is 10.7. The SMILES string of the molecule is COc1ccc(C(N)=O)cc1C#N. The summed E-state index contributed by atoms with van der Waals surface area (Å²) in [5, 5.41) is 8.67. The van der Waals surface area contributed by atoms with Gasteiger partial charge in [-0.3, -0.25) is 4.79 Å². The molecule has 0 saturated carbocycles. The van der Waals surface area contributed by atoms with Crippen molar-refractivity contribution < 1.29 is 9.53 Å². The second kappa shape index (κ2) is 3.59. The summed E-state index contributed by atoms with van der Waals surface area (Å²) in [6, 6.07) is 6.37. The number of nitrogens with zero attached hydrogens (tertiary/aromatic N) is 1. The molecule has 13 heavy (non-hydrogen) atoms. The minimum atomic E-state index is -0.556. The minimum absolute atomic E-state index is 0.303. The summed E-state index contributed by atoms with van der Waals surface area (Å²) in [5.41, 5.74) is 5.65. The van der Waals surface area contributed by atoms with Crippen molar-refractivity contribution in [1.82, 2.24) is 0 Å². The molecule has 1 aromatic carbocycles. The Balaban J connectivity index is 3.23. The van der Waals surface area contributed by atoms with Crippen LogP contribution in [-0.2, 0) is 0 Å². The van der Waals surface area contributed by atoms with Crippen LogP contribution in [0.2, 0.25) is 0 Å². The van der Waals surface area contributed by atoms with Crippen molar-refractivity contribution in [3.05, 3.63) is 29.3 Å². The summed E-state index contributed by atoms with van der Waals surface area (Å²) < 4.78 is 4.90. The van der Waals surface area contributed by atoms with Gasteiger partial charge in [0.25, 0.3) is 0 Å². The maximum atomic E-state index is 10.7. The molecule has 0 bridgehead atoms. The summed E-state index contributed by atoms with van der Waals surface area (Å²) in [7, 11) is 1.46. The van der Waals surface area contributed by atoms with Gasteiger partial charge in [0.1, 0.15) is 11.8 Å². The second-order valence-electron chi connectivity index (χ2n) is 2.39. The zero-order chi connectivity index (χ0) is 9.84.